The molecule has 4 nitrogen and oxygen atoms in total. The fraction of sp³-hybridized carbons (Fsp3) is 0.375. The third kappa shape index (κ3) is 2.65. The molecule has 1 aliphatic rings. The Kier molecular flexibility index (Phi) is 4.55. The summed E-state index contributed by atoms with van der Waals surface area (Å²) in [5.41, 5.74) is 6.33. The van der Waals surface area contributed by atoms with Crippen molar-refractivity contribution < 1.29 is 4.79 Å². The molecule has 1 atom stereocenters. The molecule has 0 spiro atoms. The van der Waals surface area contributed by atoms with Gasteiger partial charge in [0.2, 0.25) is 0 Å². The second kappa shape index (κ2) is 6.91. The summed E-state index contributed by atoms with van der Waals surface area (Å²) in [5, 5.41) is 10.8. The minimum Gasteiger partial charge on any atom is -0.314 e. The van der Waals surface area contributed by atoms with Crippen molar-refractivity contribution in [1.82, 2.24) is 9.55 Å². The standard InChI is InChI=1S/C24H25N3O/c1-14(2)18-11-20(15(3)4)26-24-23(18)19(12-25)22(13-28)27(24)21-10-9-16-7-5-6-8-17(16)21/h5-8,11,13-15,21H,9-10H2,1-4H3. The molecular formula is C24H25N3O. The molecule has 0 radical (unpaired) electrons. The Morgan fingerprint density at radius 2 is 1.96 bits per heavy atom. The van der Waals surface area contributed by atoms with Gasteiger partial charge in [0.1, 0.15) is 17.4 Å². The molecule has 3 aromatic rings. The number of fused-ring (bicyclic) bond motifs is 2. The Balaban J connectivity index is 2.12. The van der Waals surface area contributed by atoms with Crippen molar-refractivity contribution in [3.8, 4) is 6.07 Å². The van der Waals surface area contributed by atoms with E-state index in [2.05, 4.69) is 58.0 Å². The van der Waals surface area contributed by atoms with Crippen LogP contribution in [0.2, 0.25) is 0 Å². The quantitative estimate of drug-likeness (QED) is 0.569. The van der Waals surface area contributed by atoms with E-state index in [-0.39, 0.29) is 17.9 Å². The molecule has 1 aliphatic carbocycles. The average molecular weight is 371 g/mol. The number of nitriles is 1. The van der Waals surface area contributed by atoms with Crippen LogP contribution in [0.25, 0.3) is 11.0 Å². The molecule has 0 saturated carbocycles. The number of aldehydes is 1. The number of pyridine rings is 1. The zero-order valence-corrected chi connectivity index (χ0v) is 16.9. The summed E-state index contributed by atoms with van der Waals surface area (Å²) in [7, 11) is 0. The molecule has 0 fully saturated rings. The lowest BCUT2D eigenvalue weighted by Gasteiger charge is -2.18. The first-order chi connectivity index (χ1) is 13.5. The number of nitrogens with zero attached hydrogens (tertiary/aromatic N) is 3. The third-order valence-corrected chi connectivity index (χ3v) is 5.89. The number of carbonyl (C=O) groups is 1. The van der Waals surface area contributed by atoms with Gasteiger partial charge in [-0.05, 0) is 47.4 Å². The molecule has 4 heteroatoms. The monoisotopic (exact) mass is 371 g/mol. The summed E-state index contributed by atoms with van der Waals surface area (Å²) in [6.45, 7) is 8.51. The topological polar surface area (TPSA) is 58.7 Å². The van der Waals surface area contributed by atoms with Crippen molar-refractivity contribution in [1.29, 1.82) is 5.26 Å². The molecule has 28 heavy (non-hydrogen) atoms. The van der Waals surface area contributed by atoms with E-state index in [9.17, 15) is 10.1 Å². The molecule has 142 valence electrons. The molecule has 0 amide bonds. The molecule has 1 aromatic carbocycles. The van der Waals surface area contributed by atoms with E-state index >= 15 is 0 Å². The van der Waals surface area contributed by atoms with Gasteiger partial charge in [0.25, 0.3) is 0 Å². The van der Waals surface area contributed by atoms with Gasteiger partial charge in [-0.15, -0.1) is 0 Å². The van der Waals surface area contributed by atoms with Gasteiger partial charge in [-0.2, -0.15) is 5.26 Å². The number of hydrogen-bond acceptors (Lipinski definition) is 3. The zero-order valence-electron chi connectivity index (χ0n) is 16.9. The molecule has 0 N–H and O–H groups in total. The second-order valence-corrected chi connectivity index (χ2v) is 8.26. The van der Waals surface area contributed by atoms with Gasteiger partial charge in [-0.1, -0.05) is 52.0 Å². The highest BCUT2D eigenvalue weighted by Crippen LogP contribution is 2.41. The second-order valence-electron chi connectivity index (χ2n) is 8.26. The summed E-state index contributed by atoms with van der Waals surface area (Å²) in [4.78, 5) is 17.1. The van der Waals surface area contributed by atoms with E-state index in [1.807, 2.05) is 10.6 Å². The molecular weight excluding hydrogens is 346 g/mol. The van der Waals surface area contributed by atoms with Crippen LogP contribution >= 0.6 is 0 Å². The summed E-state index contributed by atoms with van der Waals surface area (Å²) in [5.74, 6) is 0.507. The normalized spacial score (nSPS) is 16.0. The lowest BCUT2D eigenvalue weighted by atomic mass is 9.95. The molecule has 1 unspecified atom stereocenters. The van der Waals surface area contributed by atoms with Gasteiger partial charge in [0, 0.05) is 11.1 Å². The van der Waals surface area contributed by atoms with E-state index in [1.54, 1.807) is 0 Å². The first kappa shape index (κ1) is 18.4. The fourth-order valence-corrected chi connectivity index (χ4v) is 4.46. The molecule has 0 bridgehead atoms. The fourth-order valence-electron chi connectivity index (χ4n) is 4.46. The summed E-state index contributed by atoms with van der Waals surface area (Å²) < 4.78 is 2.03. The lowest BCUT2D eigenvalue weighted by molar-refractivity contribution is 0.111. The Morgan fingerprint density at radius 1 is 1.21 bits per heavy atom. The van der Waals surface area contributed by atoms with Gasteiger partial charge in [0.05, 0.1) is 11.6 Å². The third-order valence-electron chi connectivity index (χ3n) is 5.89. The Hall–Kier alpha value is -2.93. The van der Waals surface area contributed by atoms with Crippen LogP contribution in [0.5, 0.6) is 0 Å². The van der Waals surface area contributed by atoms with Crippen molar-refractivity contribution in [3.05, 3.63) is 64.0 Å². The van der Waals surface area contributed by atoms with Crippen molar-refractivity contribution >= 4 is 17.3 Å². The van der Waals surface area contributed by atoms with Gasteiger partial charge in [-0.25, -0.2) is 4.98 Å². The first-order valence-corrected chi connectivity index (χ1v) is 9.99. The van der Waals surface area contributed by atoms with Crippen LogP contribution in [-0.4, -0.2) is 15.8 Å². The van der Waals surface area contributed by atoms with Crippen LogP contribution in [-0.2, 0) is 6.42 Å². The molecule has 0 aliphatic heterocycles. The number of hydrogen-bond donors (Lipinski definition) is 0. The Labute approximate surface area is 165 Å². The molecule has 2 heterocycles. The van der Waals surface area contributed by atoms with E-state index in [0.717, 1.165) is 41.4 Å². The van der Waals surface area contributed by atoms with Crippen LogP contribution in [0, 0.1) is 11.3 Å². The number of aryl methyl sites for hydroxylation is 1. The smallest absolute Gasteiger partial charge is 0.167 e. The van der Waals surface area contributed by atoms with Crippen LogP contribution in [0.15, 0.2) is 30.3 Å². The van der Waals surface area contributed by atoms with E-state index in [4.69, 9.17) is 4.98 Å². The highest BCUT2D eigenvalue weighted by Gasteiger charge is 2.31. The summed E-state index contributed by atoms with van der Waals surface area (Å²) >= 11 is 0. The minimum absolute atomic E-state index is 0.0379. The van der Waals surface area contributed by atoms with Crippen LogP contribution < -0.4 is 0 Å². The SMILES string of the molecule is CC(C)c1cc(C(C)C)c2c(C#N)c(C=O)n(C3CCc4ccccc43)c2n1. The predicted molar refractivity (Wildman–Crippen MR) is 111 cm³/mol. The van der Waals surface area contributed by atoms with Gasteiger partial charge in [0.15, 0.2) is 6.29 Å². The van der Waals surface area contributed by atoms with Gasteiger partial charge < -0.3 is 4.57 Å². The van der Waals surface area contributed by atoms with Crippen LogP contribution in [0.4, 0.5) is 0 Å². The molecule has 2 aromatic heterocycles. The minimum atomic E-state index is 0.0379. The van der Waals surface area contributed by atoms with E-state index in [0.29, 0.717) is 11.3 Å². The number of carbonyl (C=O) groups excluding carboxylic acids is 1. The summed E-state index contributed by atoms with van der Waals surface area (Å²) in [6, 6.07) is 12.8. The number of benzene rings is 1. The van der Waals surface area contributed by atoms with Crippen molar-refractivity contribution in [3.63, 3.8) is 0 Å². The number of aromatic nitrogens is 2. The van der Waals surface area contributed by atoms with Crippen molar-refractivity contribution in [2.75, 3.05) is 0 Å². The van der Waals surface area contributed by atoms with Crippen molar-refractivity contribution in [2.24, 2.45) is 0 Å². The van der Waals surface area contributed by atoms with Gasteiger partial charge in [-0.3, -0.25) is 4.79 Å². The lowest BCUT2D eigenvalue weighted by Crippen LogP contribution is -2.12. The predicted octanol–water partition coefficient (Wildman–Crippen LogP) is 5.50. The van der Waals surface area contributed by atoms with Crippen LogP contribution in [0.3, 0.4) is 0 Å². The summed E-state index contributed by atoms with van der Waals surface area (Å²) in [6.07, 6.45) is 2.72. The molecule has 0 saturated heterocycles. The first-order valence-electron chi connectivity index (χ1n) is 9.99. The van der Waals surface area contributed by atoms with E-state index < -0.39 is 0 Å². The maximum atomic E-state index is 12.1. The molecule has 4 rings (SSSR count). The number of rotatable bonds is 4. The zero-order chi connectivity index (χ0) is 20.0. The maximum absolute atomic E-state index is 12.1. The van der Waals surface area contributed by atoms with Gasteiger partial charge >= 0.3 is 0 Å². The Morgan fingerprint density at radius 3 is 2.61 bits per heavy atom. The van der Waals surface area contributed by atoms with Crippen molar-refractivity contribution in [2.45, 2.75) is 58.4 Å². The van der Waals surface area contributed by atoms with Crippen LogP contribution in [0.1, 0.15) is 90.4 Å². The highest BCUT2D eigenvalue weighted by atomic mass is 16.1. The average Bonchev–Trinajstić information content (AvgIpc) is 3.24. The highest BCUT2D eigenvalue weighted by molar-refractivity contribution is 5.96. The Bertz CT molecular complexity index is 1120. The largest absolute Gasteiger partial charge is 0.314 e. The van der Waals surface area contributed by atoms with E-state index in [1.165, 1.54) is 11.1 Å². The maximum Gasteiger partial charge on any atom is 0.167 e.